The molecule has 0 aliphatic rings. The Labute approximate surface area is 163 Å². The Hall–Kier alpha value is -2.60. The van der Waals surface area contributed by atoms with Gasteiger partial charge in [-0.25, -0.2) is 4.98 Å². The number of ether oxygens (including phenoxy) is 1. The number of H-pyrrole nitrogens is 1. The second kappa shape index (κ2) is 8.86. The first-order chi connectivity index (χ1) is 13.1. The summed E-state index contributed by atoms with van der Waals surface area (Å²) in [5.74, 6) is 2.35. The van der Waals surface area contributed by atoms with E-state index in [2.05, 4.69) is 29.0 Å². The summed E-state index contributed by atoms with van der Waals surface area (Å²) in [6.07, 6.45) is 1.09. The number of hydrogen-bond donors (Lipinski definition) is 1. The molecule has 0 saturated carbocycles. The molecule has 0 spiro atoms. The van der Waals surface area contributed by atoms with Gasteiger partial charge in [0.05, 0.1) is 12.9 Å². The minimum atomic E-state index is 0.0755. The maximum atomic E-state index is 12.4. The van der Waals surface area contributed by atoms with Gasteiger partial charge in [0.25, 0.3) is 0 Å². The van der Waals surface area contributed by atoms with E-state index < -0.39 is 0 Å². The molecule has 1 heterocycles. The van der Waals surface area contributed by atoms with Crippen molar-refractivity contribution in [2.75, 3.05) is 12.9 Å². The molecule has 0 amide bonds. The third-order valence-electron chi connectivity index (χ3n) is 4.57. The monoisotopic (exact) mass is 381 g/mol. The Bertz CT molecular complexity index is 889. The molecule has 0 aliphatic carbocycles. The number of carbonyl (C=O) groups is 1. The van der Waals surface area contributed by atoms with Crippen molar-refractivity contribution in [1.29, 1.82) is 0 Å². The van der Waals surface area contributed by atoms with Gasteiger partial charge >= 0.3 is 0 Å². The second-order valence-electron chi connectivity index (χ2n) is 6.34. The Balaban J connectivity index is 1.60. The van der Waals surface area contributed by atoms with E-state index in [1.165, 1.54) is 17.3 Å². The van der Waals surface area contributed by atoms with E-state index in [1.54, 1.807) is 7.11 Å². The maximum Gasteiger partial charge on any atom is 0.209 e. The summed E-state index contributed by atoms with van der Waals surface area (Å²) in [5.41, 5.74) is 2.90. The van der Waals surface area contributed by atoms with Crippen molar-refractivity contribution in [3.8, 4) is 17.1 Å². The highest BCUT2D eigenvalue weighted by molar-refractivity contribution is 7.99. The highest BCUT2D eigenvalue weighted by Crippen LogP contribution is 2.23. The molecule has 3 rings (SSSR count). The lowest BCUT2D eigenvalue weighted by atomic mass is 9.97. The molecule has 6 heteroatoms. The summed E-state index contributed by atoms with van der Waals surface area (Å²) >= 11 is 1.33. The summed E-state index contributed by atoms with van der Waals surface area (Å²) in [7, 11) is 1.63. The third-order valence-corrected chi connectivity index (χ3v) is 5.42. The number of nitrogens with one attached hydrogen (secondary N) is 1. The number of Topliss-reactive ketones (excluding diaryl/α,β-unsaturated/α-hetero) is 1. The number of benzene rings is 2. The predicted molar refractivity (Wildman–Crippen MR) is 109 cm³/mol. The fourth-order valence-electron chi connectivity index (χ4n) is 2.64. The van der Waals surface area contributed by atoms with Crippen LogP contribution in [0.2, 0.25) is 0 Å². The zero-order valence-corrected chi connectivity index (χ0v) is 16.5. The summed E-state index contributed by atoms with van der Waals surface area (Å²) < 4.78 is 5.16. The molecule has 0 radical (unpaired) electrons. The molecule has 1 aromatic heterocycles. The van der Waals surface area contributed by atoms with Gasteiger partial charge in [0.1, 0.15) is 5.75 Å². The van der Waals surface area contributed by atoms with Crippen LogP contribution in [0.4, 0.5) is 0 Å². The molecule has 1 atom stereocenters. The maximum absolute atomic E-state index is 12.4. The van der Waals surface area contributed by atoms with E-state index >= 15 is 0 Å². The van der Waals surface area contributed by atoms with Crippen LogP contribution >= 0.6 is 11.8 Å². The average molecular weight is 382 g/mol. The molecular weight excluding hydrogens is 358 g/mol. The quantitative estimate of drug-likeness (QED) is 0.441. The molecular formula is C21H23N3O2S. The van der Waals surface area contributed by atoms with Gasteiger partial charge in [0, 0.05) is 11.1 Å². The van der Waals surface area contributed by atoms with Crippen molar-refractivity contribution < 1.29 is 9.53 Å². The number of nitrogens with zero attached hydrogens (tertiary/aromatic N) is 2. The first kappa shape index (κ1) is 19.2. The molecule has 0 aliphatic heterocycles. The summed E-state index contributed by atoms with van der Waals surface area (Å²) in [4.78, 5) is 16.9. The molecule has 0 unspecified atom stereocenters. The Morgan fingerprint density at radius 1 is 1.15 bits per heavy atom. The van der Waals surface area contributed by atoms with Crippen molar-refractivity contribution >= 4 is 17.5 Å². The van der Waals surface area contributed by atoms with Crippen LogP contribution in [0, 0.1) is 0 Å². The van der Waals surface area contributed by atoms with Crippen LogP contribution < -0.4 is 4.74 Å². The Kier molecular flexibility index (Phi) is 6.29. The van der Waals surface area contributed by atoms with E-state index in [0.717, 1.165) is 23.3 Å². The van der Waals surface area contributed by atoms with Crippen LogP contribution in [-0.4, -0.2) is 33.8 Å². The van der Waals surface area contributed by atoms with Crippen molar-refractivity contribution in [2.24, 2.45) is 0 Å². The van der Waals surface area contributed by atoms with Gasteiger partial charge in [-0.1, -0.05) is 49.9 Å². The second-order valence-corrected chi connectivity index (χ2v) is 7.28. The third kappa shape index (κ3) is 4.77. The van der Waals surface area contributed by atoms with Gasteiger partial charge in [0.2, 0.25) is 5.16 Å². The lowest BCUT2D eigenvalue weighted by molar-refractivity contribution is 0.102. The first-order valence-corrected chi connectivity index (χ1v) is 9.92. The molecule has 0 fully saturated rings. The Morgan fingerprint density at radius 2 is 1.85 bits per heavy atom. The van der Waals surface area contributed by atoms with Gasteiger partial charge in [-0.3, -0.25) is 9.89 Å². The number of rotatable bonds is 8. The lowest BCUT2D eigenvalue weighted by Gasteiger charge is -2.09. The van der Waals surface area contributed by atoms with E-state index in [-0.39, 0.29) is 5.78 Å². The molecule has 0 saturated heterocycles. The van der Waals surface area contributed by atoms with Crippen LogP contribution in [0.15, 0.2) is 53.7 Å². The van der Waals surface area contributed by atoms with Gasteiger partial charge in [-0.2, -0.15) is 0 Å². The van der Waals surface area contributed by atoms with Crippen LogP contribution in [0.25, 0.3) is 11.4 Å². The number of carbonyl (C=O) groups excluding carboxylic acids is 1. The Morgan fingerprint density at radius 3 is 2.48 bits per heavy atom. The van der Waals surface area contributed by atoms with Crippen LogP contribution in [0.5, 0.6) is 5.75 Å². The topological polar surface area (TPSA) is 67.9 Å². The van der Waals surface area contributed by atoms with Crippen molar-refractivity contribution in [2.45, 2.75) is 31.3 Å². The van der Waals surface area contributed by atoms with Gasteiger partial charge in [0.15, 0.2) is 11.6 Å². The van der Waals surface area contributed by atoms with Crippen LogP contribution in [-0.2, 0) is 0 Å². The van der Waals surface area contributed by atoms with Crippen molar-refractivity contribution in [3.63, 3.8) is 0 Å². The van der Waals surface area contributed by atoms with E-state index in [9.17, 15) is 4.79 Å². The zero-order valence-electron chi connectivity index (χ0n) is 15.7. The number of hydrogen-bond acceptors (Lipinski definition) is 5. The van der Waals surface area contributed by atoms with E-state index in [4.69, 9.17) is 4.74 Å². The van der Waals surface area contributed by atoms with Gasteiger partial charge in [-0.15, -0.1) is 5.10 Å². The van der Waals surface area contributed by atoms with Crippen LogP contribution in [0.3, 0.4) is 0 Å². The fraction of sp³-hybridized carbons (Fsp3) is 0.286. The smallest absolute Gasteiger partial charge is 0.209 e. The van der Waals surface area contributed by atoms with Crippen LogP contribution in [0.1, 0.15) is 42.1 Å². The molecule has 5 nitrogen and oxygen atoms in total. The minimum Gasteiger partial charge on any atom is -0.497 e. The molecule has 27 heavy (non-hydrogen) atoms. The normalized spacial score (nSPS) is 12.0. The molecule has 0 bridgehead atoms. The number of aromatic nitrogens is 3. The van der Waals surface area contributed by atoms with Gasteiger partial charge in [-0.05, 0) is 42.2 Å². The predicted octanol–water partition coefficient (Wildman–Crippen LogP) is 4.97. The average Bonchev–Trinajstić information content (AvgIpc) is 3.20. The molecule has 3 aromatic rings. The highest BCUT2D eigenvalue weighted by atomic mass is 32.2. The van der Waals surface area contributed by atoms with Crippen molar-refractivity contribution in [1.82, 2.24) is 15.2 Å². The summed E-state index contributed by atoms with van der Waals surface area (Å²) in [5, 5.41) is 7.67. The fourth-order valence-corrected chi connectivity index (χ4v) is 3.33. The number of thioether (sulfide) groups is 1. The molecule has 2 aromatic carbocycles. The number of methoxy groups -OCH3 is 1. The molecule has 1 N–H and O–H groups in total. The lowest BCUT2D eigenvalue weighted by Crippen LogP contribution is -2.03. The SMILES string of the molecule is CC[C@H](C)c1ccc(C(=O)CSc2n[nH]c(-c3ccc(OC)cc3)n2)cc1. The molecule has 140 valence electrons. The standard InChI is InChI=1S/C21H23N3O2S/c1-4-14(2)15-5-7-16(8-6-15)19(25)13-27-21-22-20(23-24-21)17-9-11-18(26-3)12-10-17/h5-12,14H,4,13H2,1-3H3,(H,22,23,24)/t14-/m0/s1. The summed E-state index contributed by atoms with van der Waals surface area (Å²) in [6, 6.07) is 15.5. The number of ketones is 1. The van der Waals surface area contributed by atoms with Gasteiger partial charge < -0.3 is 4.74 Å². The highest BCUT2D eigenvalue weighted by Gasteiger charge is 2.11. The van der Waals surface area contributed by atoms with E-state index in [1.807, 2.05) is 48.5 Å². The van der Waals surface area contributed by atoms with E-state index in [0.29, 0.717) is 22.7 Å². The zero-order chi connectivity index (χ0) is 19.2. The van der Waals surface area contributed by atoms with Crippen molar-refractivity contribution in [3.05, 3.63) is 59.7 Å². The largest absolute Gasteiger partial charge is 0.497 e. The number of aromatic amines is 1. The summed E-state index contributed by atoms with van der Waals surface area (Å²) in [6.45, 7) is 4.35. The first-order valence-electron chi connectivity index (χ1n) is 8.93. The minimum absolute atomic E-state index is 0.0755.